The molecule has 10 heteroatoms. The Kier molecular flexibility index (Phi) is 8.95. The van der Waals surface area contributed by atoms with Gasteiger partial charge in [-0.15, -0.1) is 4.99 Å². The fourth-order valence-corrected chi connectivity index (χ4v) is 3.70. The van der Waals surface area contributed by atoms with Gasteiger partial charge < -0.3 is 21.3 Å². The Bertz CT molecular complexity index is 1180. The Morgan fingerprint density at radius 1 is 1.14 bits per heavy atom. The molecular weight excluding hydrogens is 456 g/mol. The van der Waals surface area contributed by atoms with Crippen molar-refractivity contribution in [2.24, 2.45) is 16.5 Å². The Labute approximate surface area is 211 Å². The van der Waals surface area contributed by atoms with Crippen LogP contribution in [0.4, 0.5) is 16.2 Å². The molecule has 3 rings (SSSR count). The standard InChI is InChI=1S/C26H32N8O2/c1-4-23(35)34-15-5-6-20(17-34)19-9-13-22(14-10-19)30-26(36)32-25(28)31-24(27)29-21-11-7-18(8-12-21)16-33(2)3/h4,6-14H,1,5,15-17H2,2-3H3,(H6,27,28,29,30,31,32,36)/p+1. The number of hydrogen-bond donors (Lipinski definition) is 5. The molecule has 10 nitrogen and oxygen atoms in total. The molecular formula is C26H33N8O2+. The second-order valence-electron chi connectivity index (χ2n) is 8.58. The van der Waals surface area contributed by atoms with Gasteiger partial charge in [0.05, 0.1) is 0 Å². The van der Waals surface area contributed by atoms with Gasteiger partial charge in [-0.2, -0.15) is 0 Å². The summed E-state index contributed by atoms with van der Waals surface area (Å²) in [6.07, 6.45) is 4.23. The second kappa shape index (κ2) is 12.3. The Balaban J connectivity index is 1.54. The monoisotopic (exact) mass is 489 g/mol. The number of nitrogens with zero attached hydrogens (tertiary/aromatic N) is 3. The van der Waals surface area contributed by atoms with Crippen LogP contribution in [0, 0.1) is 0 Å². The van der Waals surface area contributed by atoms with E-state index < -0.39 is 6.03 Å². The van der Waals surface area contributed by atoms with Gasteiger partial charge in [0.1, 0.15) is 5.69 Å². The Hall–Kier alpha value is -4.44. The van der Waals surface area contributed by atoms with E-state index in [0.717, 1.165) is 29.7 Å². The SMILES string of the molecule is C=CC(=O)N1CCC=C(c2ccc(NC(=O)N/C(N)=[NH+]\C(N)=Nc3ccc(CN(C)C)cc3)cc2)C1. The summed E-state index contributed by atoms with van der Waals surface area (Å²) in [6, 6.07) is 14.5. The minimum absolute atomic E-state index is 0.0437. The van der Waals surface area contributed by atoms with Crippen molar-refractivity contribution in [1.29, 1.82) is 0 Å². The van der Waals surface area contributed by atoms with E-state index in [9.17, 15) is 9.59 Å². The number of guanidine groups is 2. The summed E-state index contributed by atoms with van der Waals surface area (Å²) >= 11 is 0. The largest absolute Gasteiger partial charge is 0.360 e. The highest BCUT2D eigenvalue weighted by Gasteiger charge is 2.17. The first-order chi connectivity index (χ1) is 17.2. The van der Waals surface area contributed by atoms with Crippen LogP contribution in [0.2, 0.25) is 0 Å². The minimum atomic E-state index is -0.534. The summed E-state index contributed by atoms with van der Waals surface area (Å²) < 4.78 is 0. The van der Waals surface area contributed by atoms with Gasteiger partial charge in [0.2, 0.25) is 5.91 Å². The van der Waals surface area contributed by atoms with E-state index in [1.54, 1.807) is 17.0 Å². The number of urea groups is 1. The van der Waals surface area contributed by atoms with E-state index in [1.807, 2.05) is 50.5 Å². The fourth-order valence-electron chi connectivity index (χ4n) is 3.70. The quantitative estimate of drug-likeness (QED) is 0.231. The van der Waals surface area contributed by atoms with Crippen LogP contribution in [0.15, 0.2) is 72.3 Å². The van der Waals surface area contributed by atoms with Gasteiger partial charge in [0.15, 0.2) is 0 Å². The van der Waals surface area contributed by atoms with Crippen molar-refractivity contribution < 1.29 is 14.6 Å². The molecule has 0 fully saturated rings. The van der Waals surface area contributed by atoms with Crippen LogP contribution in [0.25, 0.3) is 5.57 Å². The molecule has 1 heterocycles. The van der Waals surface area contributed by atoms with Crippen LogP contribution < -0.4 is 27.1 Å². The average molecular weight is 490 g/mol. The predicted molar refractivity (Wildman–Crippen MR) is 143 cm³/mol. The third kappa shape index (κ3) is 7.81. The molecule has 0 bridgehead atoms. The van der Waals surface area contributed by atoms with Crippen molar-refractivity contribution >= 4 is 40.8 Å². The second-order valence-corrected chi connectivity index (χ2v) is 8.58. The molecule has 36 heavy (non-hydrogen) atoms. The van der Waals surface area contributed by atoms with Gasteiger partial charge in [-0.1, -0.05) is 36.9 Å². The van der Waals surface area contributed by atoms with Gasteiger partial charge in [-0.25, -0.2) is 15.1 Å². The number of anilines is 1. The molecule has 2 aromatic rings. The number of benzene rings is 2. The third-order valence-electron chi connectivity index (χ3n) is 5.35. The third-order valence-corrected chi connectivity index (χ3v) is 5.35. The van der Waals surface area contributed by atoms with E-state index >= 15 is 0 Å². The number of carbonyl (C=O) groups is 2. The van der Waals surface area contributed by atoms with Crippen molar-refractivity contribution in [3.05, 3.63) is 78.4 Å². The number of amides is 3. The number of hydrogen-bond acceptors (Lipinski definition) is 4. The molecule has 2 aromatic carbocycles. The van der Waals surface area contributed by atoms with Crippen LogP contribution in [-0.4, -0.2) is 60.8 Å². The lowest BCUT2D eigenvalue weighted by atomic mass is 10.0. The zero-order valence-corrected chi connectivity index (χ0v) is 20.6. The average Bonchev–Trinajstić information content (AvgIpc) is 2.84. The molecule has 0 saturated heterocycles. The lowest BCUT2D eigenvalue weighted by Crippen LogP contribution is -2.85. The maximum atomic E-state index is 12.3. The van der Waals surface area contributed by atoms with E-state index in [2.05, 4.69) is 38.2 Å². The molecule has 1 aliphatic rings. The van der Waals surface area contributed by atoms with Crippen LogP contribution in [0.5, 0.6) is 0 Å². The van der Waals surface area contributed by atoms with Crippen LogP contribution in [0.3, 0.4) is 0 Å². The smallest absolute Gasteiger partial charge is 0.335 e. The minimum Gasteiger partial charge on any atom is -0.335 e. The summed E-state index contributed by atoms with van der Waals surface area (Å²) in [4.78, 5) is 34.9. The summed E-state index contributed by atoms with van der Waals surface area (Å²) in [5.41, 5.74) is 16.2. The van der Waals surface area contributed by atoms with Gasteiger partial charge in [-0.05, 0) is 67.6 Å². The number of nitrogens with one attached hydrogen (secondary N) is 3. The van der Waals surface area contributed by atoms with Crippen molar-refractivity contribution in [3.63, 3.8) is 0 Å². The highest BCUT2D eigenvalue weighted by atomic mass is 16.2. The molecule has 0 aromatic heterocycles. The highest BCUT2D eigenvalue weighted by molar-refractivity contribution is 6.01. The fraction of sp³-hybridized carbons (Fsp3) is 0.231. The number of carbonyl (C=O) groups excluding carboxylic acids is 2. The van der Waals surface area contributed by atoms with Crippen LogP contribution in [-0.2, 0) is 11.3 Å². The van der Waals surface area contributed by atoms with Gasteiger partial charge in [0, 0.05) is 25.3 Å². The van der Waals surface area contributed by atoms with Crippen molar-refractivity contribution in [2.75, 3.05) is 32.5 Å². The molecule has 0 saturated carbocycles. The summed E-state index contributed by atoms with van der Waals surface area (Å²) in [5.74, 6) is -0.0993. The van der Waals surface area contributed by atoms with E-state index in [1.165, 1.54) is 6.08 Å². The summed E-state index contributed by atoms with van der Waals surface area (Å²) in [7, 11) is 4.00. The summed E-state index contributed by atoms with van der Waals surface area (Å²) in [6.45, 7) is 5.58. The maximum Gasteiger partial charge on any atom is 0.360 e. The summed E-state index contributed by atoms with van der Waals surface area (Å²) in [5, 5.41) is 5.19. The van der Waals surface area contributed by atoms with Gasteiger partial charge >= 0.3 is 12.0 Å². The van der Waals surface area contributed by atoms with Crippen molar-refractivity contribution in [2.45, 2.75) is 13.0 Å². The van der Waals surface area contributed by atoms with Crippen LogP contribution >= 0.6 is 0 Å². The molecule has 1 aliphatic heterocycles. The maximum absolute atomic E-state index is 12.3. The predicted octanol–water partition coefficient (Wildman–Crippen LogP) is 0.713. The first kappa shape index (κ1) is 26.2. The first-order valence-electron chi connectivity index (χ1n) is 11.5. The zero-order valence-electron chi connectivity index (χ0n) is 20.6. The molecule has 0 aliphatic carbocycles. The Morgan fingerprint density at radius 2 is 1.83 bits per heavy atom. The number of rotatable bonds is 6. The Morgan fingerprint density at radius 3 is 2.47 bits per heavy atom. The van der Waals surface area contributed by atoms with Crippen LogP contribution in [0.1, 0.15) is 17.5 Å². The number of nitrogens with two attached hydrogens (primary N) is 2. The van der Waals surface area contributed by atoms with E-state index in [4.69, 9.17) is 11.5 Å². The first-order valence-corrected chi connectivity index (χ1v) is 11.5. The lowest BCUT2D eigenvalue weighted by Gasteiger charge is -2.26. The van der Waals surface area contributed by atoms with E-state index in [0.29, 0.717) is 24.5 Å². The van der Waals surface area contributed by atoms with Crippen molar-refractivity contribution in [3.8, 4) is 0 Å². The lowest BCUT2D eigenvalue weighted by molar-refractivity contribution is -0.321. The molecule has 7 N–H and O–H groups in total. The molecule has 0 atom stereocenters. The van der Waals surface area contributed by atoms with E-state index in [-0.39, 0.29) is 17.8 Å². The molecule has 188 valence electrons. The molecule has 3 amide bonds. The van der Waals surface area contributed by atoms with Gasteiger partial charge in [0.25, 0.3) is 5.96 Å². The van der Waals surface area contributed by atoms with Crippen molar-refractivity contribution in [1.82, 2.24) is 15.1 Å². The topological polar surface area (TPSA) is 143 Å². The molecule has 0 spiro atoms. The molecule has 0 radical (unpaired) electrons. The van der Waals surface area contributed by atoms with Gasteiger partial charge in [-0.3, -0.25) is 10.1 Å². The normalized spacial score (nSPS) is 14.3. The highest BCUT2D eigenvalue weighted by Crippen LogP contribution is 2.22. The molecule has 0 unspecified atom stereocenters. The zero-order chi connectivity index (χ0) is 26.1. The number of aliphatic imine (C=N–C) groups is 1.